The van der Waals surface area contributed by atoms with Gasteiger partial charge in [-0.15, -0.1) is 0 Å². The minimum absolute atomic E-state index is 0.557. The van der Waals surface area contributed by atoms with E-state index in [4.69, 9.17) is 15.0 Å². The van der Waals surface area contributed by atoms with Gasteiger partial charge in [0.2, 0.25) is 11.9 Å². The molecule has 0 radical (unpaired) electrons. The first-order valence-corrected chi connectivity index (χ1v) is 30.0. The average molecular weight is 1060 g/mol. The van der Waals surface area contributed by atoms with Crippen LogP contribution in [0.1, 0.15) is 0 Å². The van der Waals surface area contributed by atoms with Crippen molar-refractivity contribution in [3.05, 3.63) is 291 Å². The number of aromatic nitrogens is 6. The summed E-state index contributed by atoms with van der Waals surface area (Å²) in [6, 6.07) is 106. The molecular formula is C75H48N6Si. The maximum absolute atomic E-state index is 5.42. The monoisotopic (exact) mass is 1060 g/mol. The summed E-state index contributed by atoms with van der Waals surface area (Å²) in [5, 5.41) is 14.9. The van der Waals surface area contributed by atoms with Crippen LogP contribution in [0.2, 0.25) is 0 Å². The Kier molecular flexibility index (Phi) is 10.2. The average Bonchev–Trinajstić information content (AvgIpc) is 4.43. The highest BCUT2D eigenvalue weighted by Crippen LogP contribution is 2.42. The normalized spacial score (nSPS) is 12.1. The minimum Gasteiger partial charge on any atom is -0.308 e. The molecule has 0 aliphatic rings. The molecule has 0 N–H and O–H groups in total. The number of para-hydroxylation sites is 6. The molecule has 382 valence electrons. The topological polar surface area (TPSA) is 52.9 Å². The van der Waals surface area contributed by atoms with Crippen LogP contribution in [0.3, 0.4) is 0 Å². The van der Waals surface area contributed by atoms with Gasteiger partial charge in [-0.25, -0.2) is 0 Å². The zero-order valence-electron chi connectivity index (χ0n) is 44.4. The van der Waals surface area contributed by atoms with E-state index in [1.54, 1.807) is 0 Å². The largest absolute Gasteiger partial charge is 0.308 e. The van der Waals surface area contributed by atoms with Crippen molar-refractivity contribution in [3.63, 3.8) is 0 Å². The Morgan fingerprint density at radius 3 is 0.915 bits per heavy atom. The van der Waals surface area contributed by atoms with E-state index in [1.165, 1.54) is 81.1 Å². The Morgan fingerprint density at radius 2 is 0.524 bits per heavy atom. The lowest BCUT2D eigenvalue weighted by Crippen LogP contribution is -2.74. The number of hydrogen-bond donors (Lipinski definition) is 0. The lowest BCUT2D eigenvalue weighted by Gasteiger charge is -2.34. The van der Waals surface area contributed by atoms with Crippen molar-refractivity contribution in [1.29, 1.82) is 0 Å². The summed E-state index contributed by atoms with van der Waals surface area (Å²) in [6.45, 7) is 0. The third-order valence-electron chi connectivity index (χ3n) is 17.2. The smallest absolute Gasteiger partial charge is 0.240 e. The second kappa shape index (κ2) is 18.2. The maximum atomic E-state index is 5.42. The summed E-state index contributed by atoms with van der Waals surface area (Å²) < 4.78 is 6.83. The van der Waals surface area contributed by atoms with Gasteiger partial charge in [0.25, 0.3) is 0 Å². The number of benzene rings is 12. The van der Waals surface area contributed by atoms with Crippen molar-refractivity contribution in [3.8, 4) is 45.5 Å². The summed E-state index contributed by atoms with van der Waals surface area (Å²) in [6.07, 6.45) is 0. The number of nitrogens with zero attached hydrogens (tertiary/aromatic N) is 6. The van der Waals surface area contributed by atoms with Gasteiger partial charge in [-0.05, 0) is 91.5 Å². The SMILES string of the molecule is c1ccc([Si](c2ccccc2)(c2ccc(-c3ccc(-c4cc5c6ccccc6n6c7ccccc7c(c4)c56)cc3)cc2)c2ccc(-c3nc(-n4c5ccccc5c5ccccc54)nc(-n4c5ccccc5c5ccccc54)n3)cc2)cc1. The van der Waals surface area contributed by atoms with Crippen LogP contribution in [-0.4, -0.2) is 36.6 Å². The first-order valence-electron chi connectivity index (χ1n) is 28.0. The highest BCUT2D eigenvalue weighted by molar-refractivity contribution is 7.19. The molecule has 17 rings (SSSR count). The molecular weight excluding hydrogens is 1010 g/mol. The Labute approximate surface area is 473 Å². The van der Waals surface area contributed by atoms with Crippen LogP contribution in [0.5, 0.6) is 0 Å². The van der Waals surface area contributed by atoms with E-state index >= 15 is 0 Å². The molecule has 0 spiro atoms. The van der Waals surface area contributed by atoms with Crippen molar-refractivity contribution in [2.45, 2.75) is 0 Å². The maximum Gasteiger partial charge on any atom is 0.240 e. The zero-order valence-corrected chi connectivity index (χ0v) is 45.4. The highest BCUT2D eigenvalue weighted by atomic mass is 28.3. The molecule has 0 aliphatic heterocycles. The van der Waals surface area contributed by atoms with Crippen molar-refractivity contribution >= 4 is 111 Å². The Bertz CT molecular complexity index is 4950. The highest BCUT2D eigenvalue weighted by Gasteiger charge is 2.41. The molecule has 0 saturated heterocycles. The molecule has 5 heterocycles. The minimum atomic E-state index is -2.96. The third-order valence-corrected chi connectivity index (χ3v) is 22.0. The lowest BCUT2D eigenvalue weighted by atomic mass is 9.97. The molecule has 5 aromatic heterocycles. The zero-order chi connectivity index (χ0) is 53.9. The van der Waals surface area contributed by atoms with Crippen LogP contribution < -0.4 is 20.7 Å². The second-order valence-electron chi connectivity index (χ2n) is 21.5. The fourth-order valence-corrected chi connectivity index (χ4v) is 18.3. The van der Waals surface area contributed by atoms with Gasteiger partial charge in [0, 0.05) is 48.7 Å². The second-order valence-corrected chi connectivity index (χ2v) is 25.3. The molecule has 12 aromatic carbocycles. The van der Waals surface area contributed by atoms with Gasteiger partial charge < -0.3 is 4.40 Å². The van der Waals surface area contributed by atoms with E-state index in [0.717, 1.165) is 49.2 Å². The molecule has 0 unspecified atom stereocenters. The van der Waals surface area contributed by atoms with Crippen molar-refractivity contribution in [2.75, 3.05) is 0 Å². The van der Waals surface area contributed by atoms with Crippen molar-refractivity contribution < 1.29 is 0 Å². The third kappa shape index (κ3) is 6.84. The van der Waals surface area contributed by atoms with E-state index in [0.29, 0.717) is 17.7 Å². The fourth-order valence-electron chi connectivity index (χ4n) is 13.6. The molecule has 0 aliphatic carbocycles. The quantitative estimate of drug-likeness (QED) is 0.107. The van der Waals surface area contributed by atoms with Gasteiger partial charge in [0.1, 0.15) is 0 Å². The standard InChI is InChI=1S/C75H48N6Si/c1-3-19-54(20-4-1)82(55-21-5-2-6-22-55,56-43-39-50(40-44-56)49-35-37-51(38-36-49)53-47-64-62-27-11-13-29-66(62)79-67-30-14-12-28-63(67)65(48-53)72(64)79)57-45-41-52(42-46-57)73-76-74(80-68-31-15-7-23-58(68)59-24-8-16-32-69(59)80)78-75(77-73)81-70-33-17-9-25-60(70)61-26-10-18-34-71(61)81/h1-48H. The van der Waals surface area contributed by atoms with Crippen LogP contribution in [0.15, 0.2) is 291 Å². The molecule has 0 atom stereocenters. The van der Waals surface area contributed by atoms with Crippen LogP contribution in [0, 0.1) is 0 Å². The molecule has 0 saturated carbocycles. The van der Waals surface area contributed by atoms with Gasteiger partial charge in [-0.2, -0.15) is 15.0 Å². The Hall–Kier alpha value is -10.7. The van der Waals surface area contributed by atoms with Crippen molar-refractivity contribution in [1.82, 2.24) is 28.5 Å². The first-order chi connectivity index (χ1) is 40.7. The van der Waals surface area contributed by atoms with E-state index in [-0.39, 0.29) is 0 Å². The van der Waals surface area contributed by atoms with Gasteiger partial charge in [-0.3, -0.25) is 9.13 Å². The van der Waals surface area contributed by atoms with E-state index < -0.39 is 8.07 Å². The first kappa shape index (κ1) is 46.2. The number of rotatable bonds is 9. The molecule has 17 aromatic rings. The summed E-state index contributed by atoms with van der Waals surface area (Å²) in [5.74, 6) is 1.71. The number of hydrogen-bond acceptors (Lipinski definition) is 3. The Morgan fingerprint density at radius 1 is 0.232 bits per heavy atom. The molecule has 82 heavy (non-hydrogen) atoms. The molecule has 0 fully saturated rings. The predicted octanol–water partition coefficient (Wildman–Crippen LogP) is 15.6. The molecule has 0 amide bonds. The molecule has 7 heteroatoms. The summed E-state index contributed by atoms with van der Waals surface area (Å²) in [7, 11) is -2.96. The molecule has 0 bridgehead atoms. The lowest BCUT2D eigenvalue weighted by molar-refractivity contribution is 0.893. The fraction of sp³-hybridized carbons (Fsp3) is 0. The van der Waals surface area contributed by atoms with Crippen LogP contribution in [0.4, 0.5) is 0 Å². The van der Waals surface area contributed by atoms with Crippen LogP contribution >= 0.6 is 0 Å². The van der Waals surface area contributed by atoms with Gasteiger partial charge in [0.15, 0.2) is 13.9 Å². The van der Waals surface area contributed by atoms with Gasteiger partial charge in [0.05, 0.1) is 38.6 Å². The predicted molar refractivity (Wildman–Crippen MR) is 343 cm³/mol. The molecule has 6 nitrogen and oxygen atoms in total. The van der Waals surface area contributed by atoms with E-state index in [9.17, 15) is 0 Å². The van der Waals surface area contributed by atoms with Crippen LogP contribution in [-0.2, 0) is 0 Å². The van der Waals surface area contributed by atoms with E-state index in [2.05, 4.69) is 305 Å². The number of fused-ring (bicyclic) bond motifs is 12. The summed E-state index contributed by atoms with van der Waals surface area (Å²) >= 11 is 0. The summed E-state index contributed by atoms with van der Waals surface area (Å²) in [5.41, 5.74) is 13.6. The Balaban J connectivity index is 0.792. The van der Waals surface area contributed by atoms with Gasteiger partial charge in [-0.1, -0.05) is 243 Å². The van der Waals surface area contributed by atoms with Crippen molar-refractivity contribution in [2.24, 2.45) is 0 Å². The summed E-state index contributed by atoms with van der Waals surface area (Å²) in [4.78, 5) is 16.2. The van der Waals surface area contributed by atoms with Gasteiger partial charge >= 0.3 is 0 Å². The van der Waals surface area contributed by atoms with Crippen LogP contribution in [0.25, 0.3) is 127 Å². The van der Waals surface area contributed by atoms with E-state index in [1.807, 2.05) is 0 Å².